The fourth-order valence-corrected chi connectivity index (χ4v) is 10.8. The summed E-state index contributed by atoms with van der Waals surface area (Å²) in [7, 11) is 0. The van der Waals surface area contributed by atoms with Gasteiger partial charge in [-0.15, -0.1) is 0 Å². The van der Waals surface area contributed by atoms with Crippen LogP contribution in [0.3, 0.4) is 0 Å². The zero-order valence-corrected chi connectivity index (χ0v) is 44.5. The number of fused-ring (bicyclic) bond motifs is 6. The van der Waals surface area contributed by atoms with E-state index in [9.17, 15) is 10.5 Å². The molecule has 0 aliphatic heterocycles. The third-order valence-electron chi connectivity index (χ3n) is 15.1. The number of aromatic nitrogens is 7. The molecule has 11 heteroatoms. The number of nitrogens with zero attached hydrogens (tertiary/aromatic N) is 9. The van der Waals surface area contributed by atoms with Gasteiger partial charge in [0, 0.05) is 66.7 Å². The minimum atomic E-state index is 0.495. The third-order valence-corrected chi connectivity index (χ3v) is 15.1. The second kappa shape index (κ2) is 20.6. The van der Waals surface area contributed by atoms with E-state index in [0.29, 0.717) is 46.1 Å². The molecule has 0 aliphatic rings. The summed E-state index contributed by atoms with van der Waals surface area (Å²) in [5.74, 6) is 3.23. The number of hydrogen-bond acceptors (Lipinski definition) is 11. The normalized spacial score (nSPS) is 11.3. The highest BCUT2D eigenvalue weighted by atomic mass is 16.3. The SMILES string of the molecule is N#Cc1ccc2oc3ccc(-c4cccc(-c5cccc(-c6nc(-c7ccccc7)nc(-c7cccc(-c8ccc(-c9nc(-c%10ccccc%10)nc(-c%10ccc(-c%11ccc%12oc%13ccc(C#N)cc%13c%12c%11)nc%10)n9)cc8)c7)n6)c5)c4)cc3c2c1. The molecule has 0 unspecified atom stereocenters. The topological polar surface area (TPSA) is 164 Å². The summed E-state index contributed by atoms with van der Waals surface area (Å²) < 4.78 is 12.2. The molecule has 5 aromatic heterocycles. The van der Waals surface area contributed by atoms with E-state index in [1.54, 1.807) is 18.3 Å². The van der Waals surface area contributed by atoms with Gasteiger partial charge in [-0.1, -0.05) is 146 Å². The molecule has 390 valence electrons. The molecule has 0 N–H and O–H groups in total. The fraction of sp³-hybridized carbons (Fsp3) is 0. The molecular formula is C73H41N9O2. The summed E-state index contributed by atoms with van der Waals surface area (Å²) in [4.78, 5) is 35.2. The zero-order valence-electron chi connectivity index (χ0n) is 44.5. The molecule has 0 fully saturated rings. The summed E-state index contributed by atoms with van der Waals surface area (Å²) in [5, 5.41) is 22.8. The number of furan rings is 2. The Kier molecular flexibility index (Phi) is 12.0. The van der Waals surface area contributed by atoms with Crippen LogP contribution in [0.5, 0.6) is 0 Å². The number of rotatable bonds is 10. The molecule has 0 aliphatic carbocycles. The molecule has 0 atom stereocenters. The first-order valence-corrected chi connectivity index (χ1v) is 27.2. The van der Waals surface area contributed by atoms with Gasteiger partial charge in [0.25, 0.3) is 0 Å². The maximum atomic E-state index is 9.59. The number of pyridine rings is 1. The van der Waals surface area contributed by atoms with Crippen LogP contribution in [0.15, 0.2) is 258 Å². The molecule has 0 saturated heterocycles. The molecule has 0 spiro atoms. The smallest absolute Gasteiger partial charge is 0.165 e. The van der Waals surface area contributed by atoms with E-state index in [2.05, 4.69) is 84.9 Å². The van der Waals surface area contributed by atoms with E-state index in [0.717, 1.165) is 122 Å². The van der Waals surface area contributed by atoms with Gasteiger partial charge in [0.2, 0.25) is 0 Å². The average Bonchev–Trinajstić information content (AvgIpc) is 4.34. The quantitative estimate of drug-likeness (QED) is 0.128. The maximum Gasteiger partial charge on any atom is 0.165 e. The Morgan fingerprint density at radius 3 is 1.04 bits per heavy atom. The lowest BCUT2D eigenvalue weighted by Crippen LogP contribution is -2.00. The first-order valence-electron chi connectivity index (χ1n) is 27.2. The van der Waals surface area contributed by atoms with Crippen molar-refractivity contribution in [3.8, 4) is 125 Å². The zero-order chi connectivity index (χ0) is 56.1. The Morgan fingerprint density at radius 2 is 0.571 bits per heavy atom. The van der Waals surface area contributed by atoms with E-state index in [1.807, 2.05) is 158 Å². The molecule has 15 aromatic rings. The van der Waals surface area contributed by atoms with Crippen LogP contribution in [-0.2, 0) is 0 Å². The first-order chi connectivity index (χ1) is 41.4. The lowest BCUT2D eigenvalue weighted by molar-refractivity contribution is 0.668. The minimum Gasteiger partial charge on any atom is -0.456 e. The van der Waals surface area contributed by atoms with Gasteiger partial charge in [-0.25, -0.2) is 29.9 Å². The van der Waals surface area contributed by atoms with Crippen LogP contribution in [0.25, 0.3) is 157 Å². The van der Waals surface area contributed by atoms with Crippen LogP contribution in [-0.4, -0.2) is 34.9 Å². The highest BCUT2D eigenvalue weighted by Crippen LogP contribution is 2.38. The standard InChI is InChI=1S/C73H41N9O2/c74-41-44-20-30-64-59(34-44)61-39-54(27-32-66(61)83-64)52-16-7-15-51(36-52)53-17-9-19-57(38-53)72-79-69(48-12-5-2-6-13-48)78-71(82-72)56-18-8-14-50(37-56)46-22-24-49(25-23-46)70-77-68(47-10-3-1-4-11-47)80-73(81-70)58-26-29-63(76-43-58)55-28-33-67-62(40-55)60-35-45(42-75)21-31-65(60)84-67/h1-40,43H. The van der Waals surface area contributed by atoms with Crippen molar-refractivity contribution in [2.75, 3.05) is 0 Å². The van der Waals surface area contributed by atoms with Crippen LogP contribution >= 0.6 is 0 Å². The molecular weight excluding hydrogens is 1030 g/mol. The average molecular weight is 1080 g/mol. The van der Waals surface area contributed by atoms with E-state index in [4.69, 9.17) is 43.7 Å². The van der Waals surface area contributed by atoms with Crippen molar-refractivity contribution < 1.29 is 8.83 Å². The van der Waals surface area contributed by atoms with Crippen molar-refractivity contribution in [2.24, 2.45) is 0 Å². The molecule has 0 radical (unpaired) electrons. The molecule has 0 saturated carbocycles. The lowest BCUT2D eigenvalue weighted by atomic mass is 9.97. The number of nitriles is 2. The molecule has 11 nitrogen and oxygen atoms in total. The van der Waals surface area contributed by atoms with Gasteiger partial charge >= 0.3 is 0 Å². The molecule has 10 aromatic carbocycles. The Morgan fingerprint density at radius 1 is 0.250 bits per heavy atom. The van der Waals surface area contributed by atoms with Crippen molar-refractivity contribution >= 4 is 43.9 Å². The largest absolute Gasteiger partial charge is 0.456 e. The van der Waals surface area contributed by atoms with Crippen LogP contribution < -0.4 is 0 Å². The van der Waals surface area contributed by atoms with Gasteiger partial charge < -0.3 is 8.83 Å². The van der Waals surface area contributed by atoms with Crippen molar-refractivity contribution in [1.82, 2.24) is 34.9 Å². The molecule has 0 amide bonds. The predicted octanol–water partition coefficient (Wildman–Crippen LogP) is 17.7. The summed E-state index contributed by atoms with van der Waals surface area (Å²) in [5.41, 5.74) is 17.0. The Balaban J connectivity index is 0.732. The highest BCUT2D eigenvalue weighted by molar-refractivity contribution is 6.08. The first kappa shape index (κ1) is 49.0. The third kappa shape index (κ3) is 9.22. The van der Waals surface area contributed by atoms with Crippen LogP contribution in [0.4, 0.5) is 0 Å². The highest BCUT2D eigenvalue weighted by Gasteiger charge is 2.18. The van der Waals surface area contributed by atoms with Crippen molar-refractivity contribution in [1.29, 1.82) is 10.5 Å². The van der Waals surface area contributed by atoms with E-state index >= 15 is 0 Å². The van der Waals surface area contributed by atoms with Crippen LogP contribution in [0.1, 0.15) is 11.1 Å². The second-order valence-corrected chi connectivity index (χ2v) is 20.4. The van der Waals surface area contributed by atoms with Gasteiger partial charge in [-0.05, 0) is 130 Å². The van der Waals surface area contributed by atoms with Gasteiger partial charge in [-0.2, -0.15) is 10.5 Å². The maximum absolute atomic E-state index is 9.59. The van der Waals surface area contributed by atoms with Crippen molar-refractivity contribution in [2.45, 2.75) is 0 Å². The van der Waals surface area contributed by atoms with Gasteiger partial charge in [-0.3, -0.25) is 4.98 Å². The summed E-state index contributed by atoms with van der Waals surface area (Å²) in [6.45, 7) is 0. The number of hydrogen-bond donors (Lipinski definition) is 0. The molecule has 84 heavy (non-hydrogen) atoms. The summed E-state index contributed by atoms with van der Waals surface area (Å²) >= 11 is 0. The van der Waals surface area contributed by atoms with E-state index < -0.39 is 0 Å². The minimum absolute atomic E-state index is 0.495. The Labute approximate surface area is 480 Å². The number of benzene rings is 10. The Bertz CT molecular complexity index is 5160. The second-order valence-electron chi connectivity index (χ2n) is 20.4. The predicted molar refractivity (Wildman–Crippen MR) is 329 cm³/mol. The van der Waals surface area contributed by atoms with Gasteiger partial charge in [0.15, 0.2) is 34.9 Å². The van der Waals surface area contributed by atoms with Crippen LogP contribution in [0, 0.1) is 22.7 Å². The lowest BCUT2D eigenvalue weighted by Gasteiger charge is -2.11. The van der Waals surface area contributed by atoms with E-state index in [1.165, 1.54) is 0 Å². The van der Waals surface area contributed by atoms with E-state index in [-0.39, 0.29) is 0 Å². The molecule has 15 rings (SSSR count). The molecule has 5 heterocycles. The van der Waals surface area contributed by atoms with Gasteiger partial charge in [0.05, 0.1) is 29.0 Å². The Hall–Kier alpha value is -12.1. The van der Waals surface area contributed by atoms with Crippen molar-refractivity contribution in [3.63, 3.8) is 0 Å². The monoisotopic (exact) mass is 1080 g/mol. The van der Waals surface area contributed by atoms with Crippen molar-refractivity contribution in [3.05, 3.63) is 260 Å². The fourth-order valence-electron chi connectivity index (χ4n) is 10.8. The van der Waals surface area contributed by atoms with Crippen LogP contribution in [0.2, 0.25) is 0 Å². The van der Waals surface area contributed by atoms with Gasteiger partial charge in [0.1, 0.15) is 22.3 Å². The molecule has 0 bridgehead atoms. The summed E-state index contributed by atoms with van der Waals surface area (Å²) in [6.07, 6.45) is 1.79. The summed E-state index contributed by atoms with van der Waals surface area (Å²) in [6, 6.07) is 84.8.